The van der Waals surface area contributed by atoms with Crippen molar-refractivity contribution in [1.82, 2.24) is 0 Å². The smallest absolute Gasteiger partial charge is 1.00 e. The summed E-state index contributed by atoms with van der Waals surface area (Å²) >= 11 is 0. The van der Waals surface area contributed by atoms with E-state index in [0.717, 1.165) is 0 Å². The molecule has 1 N–H and O–H groups in total. The van der Waals surface area contributed by atoms with Gasteiger partial charge in [-0.25, -0.2) is 0 Å². The van der Waals surface area contributed by atoms with Crippen LogP contribution in [0.2, 0.25) is 0 Å². The van der Waals surface area contributed by atoms with E-state index in [2.05, 4.69) is 0 Å². The second kappa shape index (κ2) is 10.5. The van der Waals surface area contributed by atoms with Crippen LogP contribution < -0.4 is 20.0 Å². The Morgan fingerprint density at radius 2 is 1.25 bits per heavy atom. The van der Waals surface area contributed by atoms with Crippen molar-refractivity contribution in [2.24, 2.45) is 0 Å². The Kier molecular flexibility index (Phi) is 16.5. The molecule has 0 aromatic rings. The zero-order chi connectivity index (χ0) is 10.6. The third kappa shape index (κ3) is 9.54. The average Bonchev–Trinajstić information content (AvgIpc) is 1.82. The number of aliphatic carboxylic acids is 3. The molecule has 0 atom stereocenters. The SMILES string of the molecule is O=C([O-])CC(O)(CC(=O)[O-])C(=O)[O-].[Ca+2].[F-].[Mg+2]. The molecule has 0 fully saturated rings. The van der Waals surface area contributed by atoms with Crippen LogP contribution >= 0.6 is 0 Å². The summed E-state index contributed by atoms with van der Waals surface area (Å²) in [4.78, 5) is 30.0. The molecule has 0 aliphatic heterocycles. The maximum Gasteiger partial charge on any atom is 2.00 e. The molecule has 0 amide bonds. The summed E-state index contributed by atoms with van der Waals surface area (Å²) in [5.41, 5.74) is -2.97. The molecule has 0 aromatic carbocycles. The molecule has 0 aliphatic carbocycles. The number of carboxylic acids is 3. The minimum atomic E-state index is -2.97. The third-order valence-electron chi connectivity index (χ3n) is 1.25. The van der Waals surface area contributed by atoms with E-state index in [4.69, 9.17) is 5.11 Å². The molecule has 0 bridgehead atoms. The fourth-order valence-electron chi connectivity index (χ4n) is 0.684. The van der Waals surface area contributed by atoms with Crippen molar-refractivity contribution in [3.63, 3.8) is 0 Å². The molecule has 0 saturated heterocycles. The fourth-order valence-corrected chi connectivity index (χ4v) is 0.684. The summed E-state index contributed by atoms with van der Waals surface area (Å²) in [5.74, 6) is -5.98. The predicted molar refractivity (Wildman–Crippen MR) is 40.7 cm³/mol. The molecular formula is C6H5CaFMgO7. The second-order valence-electron chi connectivity index (χ2n) is 2.42. The van der Waals surface area contributed by atoms with E-state index in [1.807, 2.05) is 0 Å². The molecule has 0 unspecified atom stereocenters. The van der Waals surface area contributed by atoms with Crippen LogP contribution in [-0.2, 0) is 14.4 Å². The maximum absolute atomic E-state index is 10.1. The van der Waals surface area contributed by atoms with E-state index in [-0.39, 0.29) is 65.5 Å². The van der Waals surface area contributed by atoms with Gasteiger partial charge >= 0.3 is 60.8 Å². The number of carbonyl (C=O) groups is 3. The van der Waals surface area contributed by atoms with Crippen molar-refractivity contribution in [2.45, 2.75) is 18.4 Å². The Labute approximate surface area is 135 Å². The molecule has 82 valence electrons. The Bertz CT molecular complexity index is 243. The summed E-state index contributed by atoms with van der Waals surface area (Å²) in [5, 5.41) is 38.9. The van der Waals surface area contributed by atoms with Crippen molar-refractivity contribution in [3.05, 3.63) is 0 Å². The van der Waals surface area contributed by atoms with Crippen LogP contribution in [0.25, 0.3) is 0 Å². The zero-order valence-electron chi connectivity index (χ0n) is 8.10. The van der Waals surface area contributed by atoms with Gasteiger partial charge in [-0.15, -0.1) is 0 Å². The quantitative estimate of drug-likeness (QED) is 0.490. The van der Waals surface area contributed by atoms with Crippen molar-refractivity contribution >= 4 is 78.7 Å². The molecule has 0 spiro atoms. The first-order valence-electron chi connectivity index (χ1n) is 3.11. The van der Waals surface area contributed by atoms with E-state index >= 15 is 0 Å². The van der Waals surface area contributed by atoms with Crippen LogP contribution in [-0.4, -0.2) is 89.4 Å². The molecule has 0 aliphatic rings. The Hall–Kier alpha value is 0.326. The van der Waals surface area contributed by atoms with Gasteiger partial charge < -0.3 is 39.5 Å². The molecule has 0 aromatic heterocycles. The van der Waals surface area contributed by atoms with Gasteiger partial charge in [-0.05, 0) is 0 Å². The van der Waals surface area contributed by atoms with Crippen LogP contribution in [0.4, 0.5) is 0 Å². The van der Waals surface area contributed by atoms with E-state index < -0.39 is 36.4 Å². The van der Waals surface area contributed by atoms with E-state index in [1.165, 1.54) is 0 Å². The van der Waals surface area contributed by atoms with E-state index in [9.17, 15) is 29.7 Å². The van der Waals surface area contributed by atoms with E-state index in [0.29, 0.717) is 0 Å². The van der Waals surface area contributed by atoms with Gasteiger partial charge in [0.25, 0.3) is 0 Å². The van der Waals surface area contributed by atoms with Gasteiger partial charge in [-0.2, -0.15) is 0 Å². The van der Waals surface area contributed by atoms with Crippen LogP contribution in [0.15, 0.2) is 0 Å². The minimum Gasteiger partial charge on any atom is -1.00 e. The molecule has 0 rings (SSSR count). The number of rotatable bonds is 5. The molecule has 16 heavy (non-hydrogen) atoms. The summed E-state index contributed by atoms with van der Waals surface area (Å²) < 4.78 is 0. The summed E-state index contributed by atoms with van der Waals surface area (Å²) in [6, 6.07) is 0. The van der Waals surface area contributed by atoms with Gasteiger partial charge in [0, 0.05) is 24.8 Å². The first kappa shape index (κ1) is 25.2. The monoisotopic (exact) mass is 272 g/mol. The molecule has 0 radical (unpaired) electrons. The van der Waals surface area contributed by atoms with Crippen LogP contribution in [0, 0.1) is 0 Å². The molecule has 0 heterocycles. The van der Waals surface area contributed by atoms with Gasteiger partial charge in [-0.3, -0.25) is 0 Å². The van der Waals surface area contributed by atoms with Crippen molar-refractivity contribution in [2.75, 3.05) is 0 Å². The predicted octanol–water partition coefficient (Wildman–Crippen LogP) is -9.01. The zero-order valence-corrected chi connectivity index (χ0v) is 11.7. The third-order valence-corrected chi connectivity index (χ3v) is 1.25. The van der Waals surface area contributed by atoms with Gasteiger partial charge in [0.15, 0.2) is 0 Å². The summed E-state index contributed by atoms with van der Waals surface area (Å²) in [6.45, 7) is 0. The number of aliphatic hydroxyl groups is 1. The Morgan fingerprint density at radius 1 is 1.00 bits per heavy atom. The largest absolute Gasteiger partial charge is 2.00 e. The van der Waals surface area contributed by atoms with Crippen LogP contribution in [0.5, 0.6) is 0 Å². The second-order valence-corrected chi connectivity index (χ2v) is 2.42. The summed E-state index contributed by atoms with van der Waals surface area (Å²) in [6.07, 6.45) is -2.72. The fraction of sp³-hybridized carbons (Fsp3) is 0.500. The molecule has 0 saturated carbocycles. The number of carboxylic acid groups (broad SMARTS) is 3. The number of hydrogen-bond acceptors (Lipinski definition) is 7. The average molecular weight is 272 g/mol. The first-order chi connectivity index (χ1) is 5.78. The molecular weight excluding hydrogens is 267 g/mol. The van der Waals surface area contributed by atoms with Crippen LogP contribution in [0.1, 0.15) is 12.8 Å². The van der Waals surface area contributed by atoms with Gasteiger partial charge in [0.05, 0.1) is 5.97 Å². The van der Waals surface area contributed by atoms with Gasteiger partial charge in [-0.1, -0.05) is 0 Å². The summed E-state index contributed by atoms with van der Waals surface area (Å²) in [7, 11) is 0. The standard InChI is InChI=1S/C6H8O7.Ca.FH.Mg/c7-3(8)1-6(13,5(11)12)2-4(9)10;;;/h13H,1-2H2,(H,7,8)(H,9,10)(H,11,12);;1H;/q;+2;;+2/p-4. The van der Waals surface area contributed by atoms with Crippen molar-refractivity contribution < 1.29 is 39.5 Å². The van der Waals surface area contributed by atoms with E-state index in [1.54, 1.807) is 0 Å². The van der Waals surface area contributed by atoms with Crippen molar-refractivity contribution in [3.8, 4) is 0 Å². The van der Waals surface area contributed by atoms with Crippen LogP contribution in [0.3, 0.4) is 0 Å². The Balaban J connectivity index is -0.000000240. The van der Waals surface area contributed by atoms with Gasteiger partial charge in [0.1, 0.15) is 5.60 Å². The Morgan fingerprint density at radius 3 is 1.38 bits per heavy atom. The first-order valence-corrected chi connectivity index (χ1v) is 3.11. The number of hydrogen-bond donors (Lipinski definition) is 1. The normalized spacial score (nSPS) is 8.81. The van der Waals surface area contributed by atoms with Gasteiger partial charge in [0.2, 0.25) is 0 Å². The molecule has 7 nitrogen and oxygen atoms in total. The minimum absolute atomic E-state index is 0. The number of carbonyl (C=O) groups excluding carboxylic acids is 3. The van der Waals surface area contributed by atoms with Crippen molar-refractivity contribution in [1.29, 1.82) is 0 Å². The topological polar surface area (TPSA) is 141 Å². The maximum atomic E-state index is 10.1. The number of halogens is 1. The molecule has 10 heteroatoms.